The van der Waals surface area contributed by atoms with E-state index in [1.54, 1.807) is 36.4 Å². The van der Waals surface area contributed by atoms with E-state index < -0.39 is 11.6 Å². The van der Waals surface area contributed by atoms with Crippen LogP contribution < -0.4 is 14.2 Å². The summed E-state index contributed by atoms with van der Waals surface area (Å²) in [5.74, 6) is 0.334. The smallest absolute Gasteiger partial charge is 0.347 e. The van der Waals surface area contributed by atoms with Gasteiger partial charge in [-0.2, -0.15) is 4.98 Å². The van der Waals surface area contributed by atoms with Crippen molar-refractivity contribution in [3.8, 4) is 28.7 Å². The third kappa shape index (κ3) is 5.52. The van der Waals surface area contributed by atoms with Crippen LogP contribution in [-0.4, -0.2) is 39.7 Å². The quantitative estimate of drug-likeness (QED) is 0.314. The predicted molar refractivity (Wildman–Crippen MR) is 129 cm³/mol. The summed E-state index contributed by atoms with van der Waals surface area (Å²) in [6.45, 7) is 2.90. The average molecular weight is 488 g/mol. The van der Waals surface area contributed by atoms with Crippen molar-refractivity contribution < 1.29 is 33.4 Å². The Kier molecular flexibility index (Phi) is 7.00. The molecule has 4 rings (SSSR count). The van der Waals surface area contributed by atoms with E-state index in [9.17, 15) is 14.7 Å². The average Bonchev–Trinajstić information content (AvgIpc) is 3.37. The molecule has 0 radical (unpaired) electrons. The second-order valence-corrected chi connectivity index (χ2v) is 8.30. The van der Waals surface area contributed by atoms with Crippen molar-refractivity contribution in [3.05, 3.63) is 89.7 Å². The number of methoxy groups -OCH3 is 1. The van der Waals surface area contributed by atoms with Gasteiger partial charge >= 0.3 is 5.97 Å². The van der Waals surface area contributed by atoms with Gasteiger partial charge in [0.2, 0.25) is 5.82 Å². The molecule has 0 unspecified atom stereocenters. The Hall–Kier alpha value is -4.66. The first-order valence-electron chi connectivity index (χ1n) is 11.0. The molecule has 1 N–H and O–H groups in total. The van der Waals surface area contributed by atoms with E-state index in [-0.39, 0.29) is 23.7 Å². The number of ketones is 1. The molecule has 0 aliphatic rings. The molecule has 0 aliphatic heterocycles. The zero-order chi connectivity index (χ0) is 25.7. The van der Waals surface area contributed by atoms with E-state index >= 15 is 0 Å². The Morgan fingerprint density at radius 1 is 0.972 bits per heavy atom. The molecule has 9 heteroatoms. The lowest BCUT2D eigenvalue weighted by atomic mass is 10.0. The van der Waals surface area contributed by atoms with Gasteiger partial charge in [-0.3, -0.25) is 4.79 Å². The fourth-order valence-corrected chi connectivity index (χ4v) is 3.24. The number of carbonyl (C=O) groups excluding carboxylic acids is 1. The molecule has 0 saturated heterocycles. The van der Waals surface area contributed by atoms with Crippen LogP contribution in [0.1, 0.15) is 35.6 Å². The molecule has 3 aromatic carbocycles. The predicted octanol–water partition coefficient (Wildman–Crippen LogP) is 4.80. The molecule has 36 heavy (non-hydrogen) atoms. The number of ether oxygens (including phenoxy) is 3. The Balaban J connectivity index is 1.47. The van der Waals surface area contributed by atoms with E-state index in [1.165, 1.54) is 27.0 Å². The van der Waals surface area contributed by atoms with Crippen LogP contribution in [0.5, 0.6) is 17.2 Å². The Bertz CT molecular complexity index is 1360. The third-order valence-electron chi connectivity index (χ3n) is 5.29. The molecule has 0 aliphatic carbocycles. The first-order valence-corrected chi connectivity index (χ1v) is 11.0. The van der Waals surface area contributed by atoms with Gasteiger partial charge in [0.25, 0.3) is 5.89 Å². The number of carboxylic acids is 1. The fraction of sp³-hybridized carbons (Fsp3) is 0.185. The summed E-state index contributed by atoms with van der Waals surface area (Å²) in [5.41, 5.74) is -0.155. The number of nitrogens with zero attached hydrogens (tertiary/aromatic N) is 2. The van der Waals surface area contributed by atoms with E-state index in [2.05, 4.69) is 10.1 Å². The SMILES string of the molecule is COc1ccc(C(=O)c2ccc(OCc3noc(-c4ccccc4)n3)cc2)c(OC(C)(C)C(=O)O)c1. The van der Waals surface area contributed by atoms with E-state index in [1.807, 2.05) is 30.3 Å². The van der Waals surface area contributed by atoms with Crippen LogP contribution in [0.2, 0.25) is 0 Å². The highest BCUT2D eigenvalue weighted by Gasteiger charge is 2.31. The number of aliphatic carboxylic acids is 1. The maximum absolute atomic E-state index is 13.2. The monoisotopic (exact) mass is 488 g/mol. The minimum Gasteiger partial charge on any atom is -0.497 e. The Morgan fingerprint density at radius 2 is 1.67 bits per heavy atom. The van der Waals surface area contributed by atoms with Gasteiger partial charge in [0.15, 0.2) is 18.0 Å². The van der Waals surface area contributed by atoms with Crippen molar-refractivity contribution in [1.29, 1.82) is 0 Å². The van der Waals surface area contributed by atoms with Gasteiger partial charge < -0.3 is 23.8 Å². The van der Waals surface area contributed by atoms with Gasteiger partial charge in [-0.25, -0.2) is 4.79 Å². The van der Waals surface area contributed by atoms with Crippen LogP contribution in [0.25, 0.3) is 11.5 Å². The van der Waals surface area contributed by atoms with Crippen molar-refractivity contribution in [2.24, 2.45) is 0 Å². The van der Waals surface area contributed by atoms with Gasteiger partial charge in [-0.15, -0.1) is 0 Å². The summed E-state index contributed by atoms with van der Waals surface area (Å²) < 4.78 is 21.9. The lowest BCUT2D eigenvalue weighted by Crippen LogP contribution is -2.38. The van der Waals surface area contributed by atoms with Crippen LogP contribution in [-0.2, 0) is 11.4 Å². The molecule has 0 fully saturated rings. The normalized spacial score (nSPS) is 11.1. The summed E-state index contributed by atoms with van der Waals surface area (Å²) in [6, 6.07) is 20.6. The number of rotatable bonds is 10. The van der Waals surface area contributed by atoms with Crippen LogP contribution in [0.4, 0.5) is 0 Å². The molecular formula is C27H24N2O7. The van der Waals surface area contributed by atoms with Crippen molar-refractivity contribution in [2.45, 2.75) is 26.1 Å². The Labute approximate surface area is 207 Å². The highest BCUT2D eigenvalue weighted by Crippen LogP contribution is 2.30. The molecule has 1 heterocycles. The number of carbonyl (C=O) groups is 2. The van der Waals surface area contributed by atoms with Crippen LogP contribution in [0.3, 0.4) is 0 Å². The third-order valence-corrected chi connectivity index (χ3v) is 5.29. The Morgan fingerprint density at radius 3 is 2.33 bits per heavy atom. The van der Waals surface area contributed by atoms with Gasteiger partial charge in [-0.05, 0) is 62.4 Å². The molecule has 0 amide bonds. The van der Waals surface area contributed by atoms with Gasteiger partial charge in [-0.1, -0.05) is 23.4 Å². The zero-order valence-corrected chi connectivity index (χ0v) is 19.9. The maximum Gasteiger partial charge on any atom is 0.347 e. The van der Waals surface area contributed by atoms with Gasteiger partial charge in [0.1, 0.15) is 17.2 Å². The molecule has 0 saturated carbocycles. The summed E-state index contributed by atoms with van der Waals surface area (Å²) in [6.07, 6.45) is 0. The highest BCUT2D eigenvalue weighted by atomic mass is 16.5. The van der Waals surface area contributed by atoms with E-state index in [0.717, 1.165) is 5.56 Å². The van der Waals surface area contributed by atoms with Gasteiger partial charge in [0.05, 0.1) is 12.7 Å². The minimum atomic E-state index is -1.55. The lowest BCUT2D eigenvalue weighted by Gasteiger charge is -2.23. The summed E-state index contributed by atoms with van der Waals surface area (Å²) in [5, 5.41) is 13.4. The first kappa shape index (κ1) is 24.5. The van der Waals surface area contributed by atoms with Crippen molar-refractivity contribution in [2.75, 3.05) is 7.11 Å². The molecule has 9 nitrogen and oxygen atoms in total. The second-order valence-electron chi connectivity index (χ2n) is 8.30. The minimum absolute atomic E-state index is 0.0877. The topological polar surface area (TPSA) is 121 Å². The van der Waals surface area contributed by atoms with Crippen LogP contribution in [0, 0.1) is 0 Å². The lowest BCUT2D eigenvalue weighted by molar-refractivity contribution is -0.152. The van der Waals surface area contributed by atoms with Crippen molar-refractivity contribution >= 4 is 11.8 Å². The van der Waals surface area contributed by atoms with Gasteiger partial charge in [0, 0.05) is 17.2 Å². The molecule has 0 atom stereocenters. The number of hydrogen-bond acceptors (Lipinski definition) is 8. The molecular weight excluding hydrogens is 464 g/mol. The molecule has 4 aromatic rings. The van der Waals surface area contributed by atoms with Crippen molar-refractivity contribution in [3.63, 3.8) is 0 Å². The molecule has 0 spiro atoms. The zero-order valence-electron chi connectivity index (χ0n) is 19.9. The van der Waals surface area contributed by atoms with Crippen LogP contribution >= 0.6 is 0 Å². The highest BCUT2D eigenvalue weighted by molar-refractivity contribution is 6.11. The van der Waals surface area contributed by atoms with E-state index in [4.69, 9.17) is 18.7 Å². The number of hydrogen-bond donors (Lipinski definition) is 1. The summed E-state index contributed by atoms with van der Waals surface area (Å²) >= 11 is 0. The summed E-state index contributed by atoms with van der Waals surface area (Å²) in [4.78, 5) is 29.1. The first-order chi connectivity index (χ1) is 17.3. The maximum atomic E-state index is 13.2. The standard InChI is InChI=1S/C27H24N2O7/c1-27(2,26(31)32)35-22-15-20(33-3)13-14-21(22)24(30)17-9-11-19(12-10-17)34-16-23-28-25(36-29-23)18-7-5-4-6-8-18/h4-15H,16H2,1-3H3,(H,31,32). The molecule has 1 aromatic heterocycles. The molecule has 0 bridgehead atoms. The summed E-state index contributed by atoms with van der Waals surface area (Å²) in [7, 11) is 1.47. The molecule has 184 valence electrons. The number of aromatic nitrogens is 2. The number of benzene rings is 3. The second kappa shape index (κ2) is 10.3. The fourth-order valence-electron chi connectivity index (χ4n) is 3.24. The van der Waals surface area contributed by atoms with Crippen LogP contribution in [0.15, 0.2) is 77.3 Å². The largest absolute Gasteiger partial charge is 0.497 e. The van der Waals surface area contributed by atoms with E-state index in [0.29, 0.717) is 28.8 Å². The van der Waals surface area contributed by atoms with Crippen molar-refractivity contribution in [1.82, 2.24) is 10.1 Å². The number of carboxylic acid groups (broad SMARTS) is 1.